The predicted molar refractivity (Wildman–Crippen MR) is 151 cm³/mol. The first-order chi connectivity index (χ1) is 19.0. The third kappa shape index (κ3) is 5.99. The quantitative estimate of drug-likeness (QED) is 0.551. The van der Waals surface area contributed by atoms with Crippen LogP contribution in [0, 0.1) is 17.7 Å². The number of fused-ring (bicyclic) bond motifs is 5. The molecule has 1 atom stereocenters. The van der Waals surface area contributed by atoms with E-state index in [2.05, 4.69) is 10.3 Å². The van der Waals surface area contributed by atoms with Gasteiger partial charge in [-0.25, -0.2) is 14.2 Å². The van der Waals surface area contributed by atoms with Gasteiger partial charge in [-0.15, -0.1) is 0 Å². The molecule has 212 valence electrons. The van der Waals surface area contributed by atoms with Crippen LogP contribution >= 0.6 is 11.6 Å². The van der Waals surface area contributed by atoms with E-state index in [4.69, 9.17) is 16.3 Å². The number of nitrogens with one attached hydrogen (secondary N) is 1. The van der Waals surface area contributed by atoms with Gasteiger partial charge < -0.3 is 9.64 Å². The Morgan fingerprint density at radius 3 is 2.27 bits per heavy atom. The van der Waals surface area contributed by atoms with Gasteiger partial charge in [0, 0.05) is 24.2 Å². The molecule has 3 fully saturated rings. The number of alkyl carbamates (subject to hydrolysis) is 1. The fraction of sp³-hybridized carbons (Fsp3) is 0.467. The van der Waals surface area contributed by atoms with E-state index >= 15 is 4.39 Å². The molecule has 3 aliphatic heterocycles. The molecule has 3 amide bonds. The van der Waals surface area contributed by atoms with Crippen molar-refractivity contribution in [2.75, 3.05) is 24.5 Å². The normalized spacial score (nSPS) is 22.7. The van der Waals surface area contributed by atoms with Crippen LogP contribution < -0.4 is 10.2 Å². The highest BCUT2D eigenvalue weighted by Gasteiger charge is 2.39. The molecule has 40 heavy (non-hydrogen) atoms. The fourth-order valence-corrected chi connectivity index (χ4v) is 6.04. The summed E-state index contributed by atoms with van der Waals surface area (Å²) in [4.78, 5) is 48.2. The number of anilines is 1. The molecule has 0 radical (unpaired) electrons. The minimum Gasteiger partial charge on any atom is -0.444 e. The highest BCUT2D eigenvalue weighted by atomic mass is 35.5. The topological polar surface area (TPSA) is 91.3 Å². The number of hydrogen-bond acceptors (Lipinski definition) is 5. The van der Waals surface area contributed by atoms with Crippen LogP contribution in [0.4, 0.5) is 14.9 Å². The summed E-state index contributed by atoms with van der Waals surface area (Å²) < 4.78 is 20.5. The molecule has 8 nitrogen and oxygen atoms in total. The summed E-state index contributed by atoms with van der Waals surface area (Å²) in [5.74, 6) is -0.520. The SMILES string of the molecule is CC(C)(C)OC(=O)N[C@H]1N=C(c2ccccc2F)c2cccc(Cl)c2N(CC(=O)N2CC3CCC(CC3)C2)C1=O. The van der Waals surface area contributed by atoms with Crippen LogP contribution in [0.25, 0.3) is 0 Å². The van der Waals surface area contributed by atoms with Gasteiger partial charge in [0.15, 0.2) is 0 Å². The van der Waals surface area contributed by atoms with Gasteiger partial charge in [0.2, 0.25) is 12.1 Å². The molecular formula is C30H34ClFN4O4. The van der Waals surface area contributed by atoms with Crippen LogP contribution in [0.2, 0.25) is 5.02 Å². The Bertz CT molecular complexity index is 1340. The van der Waals surface area contributed by atoms with E-state index < -0.39 is 29.6 Å². The number of carbonyl (C=O) groups excluding carboxylic acids is 3. The molecule has 6 rings (SSSR count). The van der Waals surface area contributed by atoms with Crippen molar-refractivity contribution in [2.45, 2.75) is 58.2 Å². The minimum atomic E-state index is -1.49. The molecular weight excluding hydrogens is 535 g/mol. The van der Waals surface area contributed by atoms with Crippen LogP contribution in [0.3, 0.4) is 0 Å². The van der Waals surface area contributed by atoms with Gasteiger partial charge in [-0.2, -0.15) is 0 Å². The second-order valence-corrected chi connectivity index (χ2v) is 12.2. The Morgan fingerprint density at radius 1 is 1.02 bits per heavy atom. The zero-order valence-electron chi connectivity index (χ0n) is 23.0. The average molecular weight is 569 g/mol. The maximum absolute atomic E-state index is 15.1. The first-order valence-electron chi connectivity index (χ1n) is 13.7. The maximum Gasteiger partial charge on any atom is 0.409 e. The molecule has 0 unspecified atom stereocenters. The van der Waals surface area contributed by atoms with E-state index in [-0.39, 0.29) is 34.4 Å². The Morgan fingerprint density at radius 2 is 1.65 bits per heavy atom. The van der Waals surface area contributed by atoms with Gasteiger partial charge in [0.25, 0.3) is 5.91 Å². The lowest BCUT2D eigenvalue weighted by Gasteiger charge is -2.30. The lowest BCUT2D eigenvalue weighted by atomic mass is 9.84. The smallest absolute Gasteiger partial charge is 0.409 e. The maximum atomic E-state index is 15.1. The Balaban J connectivity index is 1.56. The summed E-state index contributed by atoms with van der Waals surface area (Å²) in [5, 5.41) is 2.73. The average Bonchev–Trinajstić information content (AvgIpc) is 3.27. The van der Waals surface area contributed by atoms with E-state index in [9.17, 15) is 14.4 Å². The first kappa shape index (κ1) is 28.1. The summed E-state index contributed by atoms with van der Waals surface area (Å²) in [6, 6.07) is 11.0. The van der Waals surface area contributed by atoms with Gasteiger partial charge >= 0.3 is 6.09 Å². The van der Waals surface area contributed by atoms with Crippen molar-refractivity contribution in [3.05, 3.63) is 64.4 Å². The van der Waals surface area contributed by atoms with Crippen LogP contribution in [0.1, 0.15) is 57.6 Å². The Hall–Kier alpha value is -3.46. The monoisotopic (exact) mass is 568 g/mol. The number of amides is 3. The van der Waals surface area contributed by atoms with Crippen molar-refractivity contribution in [3.63, 3.8) is 0 Å². The first-order valence-corrected chi connectivity index (χ1v) is 14.1. The summed E-state index contributed by atoms with van der Waals surface area (Å²) in [5.41, 5.74) is 0.0584. The number of para-hydroxylation sites is 1. The number of carbonyl (C=O) groups is 3. The summed E-state index contributed by atoms with van der Waals surface area (Å²) in [6.07, 6.45) is 2.07. The zero-order valence-corrected chi connectivity index (χ0v) is 23.7. The van der Waals surface area contributed by atoms with Crippen molar-refractivity contribution < 1.29 is 23.5 Å². The third-order valence-electron chi connectivity index (χ3n) is 7.62. The molecule has 1 saturated carbocycles. The lowest BCUT2D eigenvalue weighted by Crippen LogP contribution is -2.52. The van der Waals surface area contributed by atoms with Gasteiger partial charge in [-0.05, 0) is 76.5 Å². The van der Waals surface area contributed by atoms with Gasteiger partial charge in [-0.3, -0.25) is 19.8 Å². The standard InChI is InChI=1S/C30H34ClFN4O4/c1-30(2,3)40-29(39)34-27-28(38)36(17-24(37)35-15-18-11-12-19(16-35)14-13-18)26-21(8-6-9-22(26)31)25(33-27)20-7-4-5-10-23(20)32/h4-10,18-19,27H,11-17H2,1-3H3,(H,34,39)/t18?,19?,27-/m1/s1. The predicted octanol–water partition coefficient (Wildman–Crippen LogP) is 5.16. The van der Waals surface area contributed by atoms with Crippen molar-refractivity contribution in [1.82, 2.24) is 10.2 Å². The number of hydrogen-bond donors (Lipinski definition) is 1. The number of benzodiazepines with no additional fused rings is 1. The van der Waals surface area contributed by atoms with Crippen LogP contribution in [0.15, 0.2) is 47.5 Å². The van der Waals surface area contributed by atoms with E-state index in [1.54, 1.807) is 57.2 Å². The van der Waals surface area contributed by atoms with E-state index in [0.29, 0.717) is 30.5 Å². The highest BCUT2D eigenvalue weighted by molar-refractivity contribution is 6.36. The third-order valence-corrected chi connectivity index (χ3v) is 7.93. The molecule has 10 heteroatoms. The second kappa shape index (κ2) is 11.2. The molecule has 0 spiro atoms. The Labute approximate surface area is 238 Å². The van der Waals surface area contributed by atoms with Crippen LogP contribution in [-0.2, 0) is 14.3 Å². The Kier molecular flexibility index (Phi) is 7.86. The summed E-state index contributed by atoms with van der Waals surface area (Å²) >= 11 is 6.68. The summed E-state index contributed by atoms with van der Waals surface area (Å²) in [6.45, 7) is 6.12. The van der Waals surface area contributed by atoms with Crippen LogP contribution in [-0.4, -0.2) is 59.9 Å². The lowest BCUT2D eigenvalue weighted by molar-refractivity contribution is -0.132. The minimum absolute atomic E-state index is 0.132. The molecule has 1 aliphatic carbocycles. The fourth-order valence-electron chi connectivity index (χ4n) is 5.76. The highest BCUT2D eigenvalue weighted by Crippen LogP contribution is 2.37. The van der Waals surface area contributed by atoms with Crippen molar-refractivity contribution in [1.29, 1.82) is 0 Å². The molecule has 2 saturated heterocycles. The van der Waals surface area contributed by atoms with Gasteiger partial charge in [-0.1, -0.05) is 35.9 Å². The summed E-state index contributed by atoms with van der Waals surface area (Å²) in [7, 11) is 0. The molecule has 2 bridgehead atoms. The number of halogens is 2. The largest absolute Gasteiger partial charge is 0.444 e. The molecule has 2 aromatic rings. The molecule has 2 aromatic carbocycles. The molecule has 0 aromatic heterocycles. The number of aliphatic imine (C=N–C) groups is 1. The van der Waals surface area contributed by atoms with E-state index in [1.165, 1.54) is 11.0 Å². The van der Waals surface area contributed by atoms with E-state index in [1.807, 2.05) is 4.90 Å². The number of benzene rings is 2. The van der Waals surface area contributed by atoms with E-state index in [0.717, 1.165) is 25.7 Å². The van der Waals surface area contributed by atoms with Gasteiger partial charge in [0.05, 0.1) is 16.4 Å². The number of rotatable bonds is 4. The zero-order chi connectivity index (χ0) is 28.6. The molecule has 1 N–H and O–H groups in total. The van der Waals surface area contributed by atoms with Crippen LogP contribution in [0.5, 0.6) is 0 Å². The number of nitrogens with zero attached hydrogens (tertiary/aromatic N) is 3. The van der Waals surface area contributed by atoms with Crippen molar-refractivity contribution in [3.8, 4) is 0 Å². The van der Waals surface area contributed by atoms with Crippen molar-refractivity contribution in [2.24, 2.45) is 16.8 Å². The molecule has 4 aliphatic rings. The van der Waals surface area contributed by atoms with Gasteiger partial charge in [0.1, 0.15) is 18.0 Å². The van der Waals surface area contributed by atoms with Crippen molar-refractivity contribution >= 4 is 40.9 Å². The molecule has 3 heterocycles. The number of ether oxygens (including phenoxy) is 1. The second-order valence-electron chi connectivity index (χ2n) is 11.8.